The van der Waals surface area contributed by atoms with E-state index in [2.05, 4.69) is 0 Å². The van der Waals surface area contributed by atoms with Gasteiger partial charge in [-0.2, -0.15) is 0 Å². The number of ketones is 3. The highest BCUT2D eigenvalue weighted by molar-refractivity contribution is 6.23. The van der Waals surface area contributed by atoms with Gasteiger partial charge in [0.2, 0.25) is 11.4 Å². The van der Waals surface area contributed by atoms with Crippen molar-refractivity contribution in [3.63, 3.8) is 0 Å². The Morgan fingerprint density at radius 1 is 0.700 bits per heavy atom. The molecule has 3 unspecified atom stereocenters. The number of benzene rings is 2. The van der Waals surface area contributed by atoms with Crippen molar-refractivity contribution in [2.24, 2.45) is 0 Å². The summed E-state index contributed by atoms with van der Waals surface area (Å²) in [4.78, 5) is 38.0. The molecule has 0 fully saturated rings. The monoisotopic (exact) mass is 544 g/mol. The molecule has 10 heteroatoms. The van der Waals surface area contributed by atoms with Gasteiger partial charge in [-0.1, -0.05) is 0 Å². The van der Waals surface area contributed by atoms with E-state index in [1.165, 1.54) is 32.1 Å². The Kier molecular flexibility index (Phi) is 5.00. The summed E-state index contributed by atoms with van der Waals surface area (Å²) in [5.74, 6) is -4.18. The lowest BCUT2D eigenvalue weighted by molar-refractivity contribution is -0.129. The lowest BCUT2D eigenvalue weighted by Gasteiger charge is -2.41. The molecule has 2 aliphatic carbocycles. The Balaban J connectivity index is 1.62. The predicted molar refractivity (Wildman–Crippen MR) is 141 cm³/mol. The van der Waals surface area contributed by atoms with Crippen molar-refractivity contribution >= 4 is 28.9 Å². The van der Waals surface area contributed by atoms with Crippen LogP contribution < -0.4 is 9.47 Å². The third-order valence-electron chi connectivity index (χ3n) is 8.07. The zero-order chi connectivity index (χ0) is 29.0. The van der Waals surface area contributed by atoms with Crippen LogP contribution in [0.2, 0.25) is 0 Å². The van der Waals surface area contributed by atoms with Crippen LogP contribution in [0.5, 0.6) is 23.0 Å². The van der Waals surface area contributed by atoms with Gasteiger partial charge in [-0.05, 0) is 75.3 Å². The molecule has 10 nitrogen and oxygen atoms in total. The zero-order valence-electron chi connectivity index (χ0n) is 21.8. The van der Waals surface area contributed by atoms with E-state index < -0.39 is 57.7 Å². The van der Waals surface area contributed by atoms with E-state index in [0.717, 1.165) is 18.2 Å². The summed E-state index contributed by atoms with van der Waals surface area (Å²) in [6, 6.07) is 2.94. The molecule has 2 aromatic rings. The molecule has 40 heavy (non-hydrogen) atoms. The summed E-state index contributed by atoms with van der Waals surface area (Å²) in [7, 11) is 0. The predicted octanol–water partition coefficient (Wildman–Crippen LogP) is 3.43. The molecule has 2 aromatic carbocycles. The summed E-state index contributed by atoms with van der Waals surface area (Å²) < 4.78 is 11.9. The molecule has 5 N–H and O–H groups in total. The minimum absolute atomic E-state index is 0.00178. The molecular weight excluding hydrogens is 520 g/mol. The van der Waals surface area contributed by atoms with E-state index >= 15 is 0 Å². The number of ether oxygens (including phenoxy) is 2. The number of phenols is 2. The van der Waals surface area contributed by atoms with E-state index in [4.69, 9.17) is 9.47 Å². The van der Waals surface area contributed by atoms with Crippen molar-refractivity contribution in [3.8, 4) is 34.1 Å². The lowest BCUT2D eigenvalue weighted by Crippen LogP contribution is -2.51. The number of carbonyl (C=O) groups is 3. The van der Waals surface area contributed by atoms with Crippen LogP contribution in [0.1, 0.15) is 36.1 Å². The number of carbonyl (C=O) groups excluding carboxylic acids is 3. The highest BCUT2D eigenvalue weighted by atomic mass is 16.5. The normalized spacial score (nSPS) is 26.6. The topological polar surface area (TPSA) is 171 Å². The average Bonchev–Trinajstić information content (AvgIpc) is 2.85. The lowest BCUT2D eigenvalue weighted by atomic mass is 9.77. The van der Waals surface area contributed by atoms with Crippen molar-refractivity contribution < 1.29 is 49.4 Å². The van der Waals surface area contributed by atoms with Gasteiger partial charge in [0, 0.05) is 11.1 Å². The fourth-order valence-electron chi connectivity index (χ4n) is 5.98. The second-order valence-corrected chi connectivity index (χ2v) is 10.6. The molecule has 2 heterocycles. The average molecular weight is 545 g/mol. The number of fused-ring (bicyclic) bond motifs is 4. The first-order valence-corrected chi connectivity index (χ1v) is 12.4. The van der Waals surface area contributed by atoms with E-state index in [0.29, 0.717) is 11.1 Å². The quantitative estimate of drug-likeness (QED) is 0.358. The van der Waals surface area contributed by atoms with Crippen LogP contribution in [0, 0.1) is 13.8 Å². The van der Waals surface area contributed by atoms with Gasteiger partial charge in [-0.25, -0.2) is 0 Å². The molecule has 4 aliphatic rings. The molecule has 0 radical (unpaired) electrons. The van der Waals surface area contributed by atoms with Gasteiger partial charge in [-0.15, -0.1) is 0 Å². The Bertz CT molecular complexity index is 1750. The molecule has 0 bridgehead atoms. The first-order chi connectivity index (χ1) is 18.7. The summed E-state index contributed by atoms with van der Waals surface area (Å²) >= 11 is 0. The third-order valence-corrected chi connectivity index (χ3v) is 8.07. The van der Waals surface area contributed by atoms with Crippen molar-refractivity contribution in [1.82, 2.24) is 0 Å². The van der Waals surface area contributed by atoms with E-state index in [1.807, 2.05) is 0 Å². The molecule has 0 saturated carbocycles. The van der Waals surface area contributed by atoms with Gasteiger partial charge in [0.25, 0.3) is 0 Å². The van der Waals surface area contributed by atoms with Gasteiger partial charge in [-0.3, -0.25) is 14.4 Å². The maximum Gasteiger partial charge on any atom is 0.203 e. The minimum atomic E-state index is -1.79. The Labute approximate surface area is 227 Å². The molecule has 0 amide bonds. The smallest absolute Gasteiger partial charge is 0.203 e. The van der Waals surface area contributed by atoms with Gasteiger partial charge >= 0.3 is 0 Å². The van der Waals surface area contributed by atoms with Crippen molar-refractivity contribution in [1.29, 1.82) is 0 Å². The minimum Gasteiger partial charge on any atom is -0.506 e. The second-order valence-electron chi connectivity index (χ2n) is 10.6. The molecule has 0 saturated heterocycles. The van der Waals surface area contributed by atoms with Gasteiger partial charge in [0.05, 0.1) is 11.1 Å². The highest BCUT2D eigenvalue weighted by Gasteiger charge is 2.52. The molecule has 204 valence electrons. The van der Waals surface area contributed by atoms with Crippen LogP contribution >= 0.6 is 0 Å². The van der Waals surface area contributed by atoms with Crippen LogP contribution in [0.25, 0.3) is 22.6 Å². The van der Waals surface area contributed by atoms with E-state index in [-0.39, 0.29) is 44.9 Å². The number of rotatable bonds is 1. The van der Waals surface area contributed by atoms with Crippen LogP contribution in [-0.4, -0.2) is 60.2 Å². The maximum atomic E-state index is 12.7. The molecule has 3 atom stereocenters. The number of aromatic hydroxyl groups is 2. The molecule has 0 spiro atoms. The summed E-state index contributed by atoms with van der Waals surface area (Å²) in [6.07, 6.45) is 3.19. The molecule has 6 rings (SSSR count). The van der Waals surface area contributed by atoms with E-state index in [9.17, 15) is 39.9 Å². The maximum absolute atomic E-state index is 12.7. The first kappa shape index (κ1) is 25.4. The van der Waals surface area contributed by atoms with Crippen LogP contribution in [0.4, 0.5) is 0 Å². The molecular formula is C30H24O10. The number of allylic oxidation sites excluding steroid dienone is 2. The SMILES string of the molecule is Cc1cc2c(c(O)c1-c1c(C)cc3c(c1O)C(O)=C1C(=O)C=CC(O)C1(C)O3)C(O)=C1C(=O)C=CC(=O)C1(C)O2. The van der Waals surface area contributed by atoms with Gasteiger partial charge in [0.15, 0.2) is 17.2 Å². The number of hydrogen-bond donors (Lipinski definition) is 5. The van der Waals surface area contributed by atoms with Crippen molar-refractivity contribution in [3.05, 3.63) is 69.8 Å². The molecule has 2 aliphatic heterocycles. The van der Waals surface area contributed by atoms with Gasteiger partial charge < -0.3 is 35.0 Å². The summed E-state index contributed by atoms with van der Waals surface area (Å²) in [5.41, 5.74) is -3.60. The summed E-state index contributed by atoms with van der Waals surface area (Å²) in [6.45, 7) is 6.01. The number of hydrogen-bond acceptors (Lipinski definition) is 10. The standard InChI is InChI=1S/C30H24O10/c1-11-9-15-21(27(37)23-13(31)5-7-17(33)29(23,3)39-15)25(35)19(11)20-12(2)10-16-22(26(20)36)28(38)24-14(32)6-8-18(34)30(24,4)40-16/h5-10,17,33,35-38H,1-4H3. The Morgan fingerprint density at radius 2 is 1.20 bits per heavy atom. The van der Waals surface area contributed by atoms with Crippen LogP contribution in [0.3, 0.4) is 0 Å². The van der Waals surface area contributed by atoms with Crippen LogP contribution in [0.15, 0.2) is 47.6 Å². The zero-order valence-corrected chi connectivity index (χ0v) is 21.8. The van der Waals surface area contributed by atoms with Gasteiger partial charge in [0.1, 0.15) is 51.7 Å². The van der Waals surface area contributed by atoms with E-state index in [1.54, 1.807) is 13.8 Å². The largest absolute Gasteiger partial charge is 0.506 e. The fourth-order valence-corrected chi connectivity index (χ4v) is 5.98. The number of aliphatic hydroxyl groups is 3. The Morgan fingerprint density at radius 3 is 1.77 bits per heavy atom. The first-order valence-electron chi connectivity index (χ1n) is 12.4. The number of aliphatic hydroxyl groups excluding tert-OH is 3. The summed E-state index contributed by atoms with van der Waals surface area (Å²) in [5, 5.41) is 55.9. The van der Waals surface area contributed by atoms with Crippen molar-refractivity contribution in [2.45, 2.75) is 45.0 Å². The number of phenolic OH excluding ortho intramolecular Hbond substituents is 2. The fraction of sp³-hybridized carbons (Fsp3) is 0.233. The molecule has 0 aromatic heterocycles. The third kappa shape index (κ3) is 2.99. The van der Waals surface area contributed by atoms with Crippen LogP contribution in [-0.2, 0) is 14.4 Å². The highest BCUT2D eigenvalue weighted by Crippen LogP contribution is 2.55. The Hall–Kier alpha value is -4.83. The second kappa shape index (κ2) is 7.86. The van der Waals surface area contributed by atoms with Crippen molar-refractivity contribution in [2.75, 3.05) is 0 Å². The number of aryl methyl sites for hydroxylation is 2.